The summed E-state index contributed by atoms with van der Waals surface area (Å²) in [5.74, 6) is 1.59. The first-order valence-corrected chi connectivity index (χ1v) is 15.1. The van der Waals surface area contributed by atoms with Crippen molar-refractivity contribution in [2.24, 2.45) is 0 Å². The van der Waals surface area contributed by atoms with Crippen LogP contribution in [0.15, 0.2) is 97.2 Å². The maximum Gasteiger partial charge on any atom is 0.257 e. The summed E-state index contributed by atoms with van der Waals surface area (Å²) in [5, 5.41) is 2.87. The predicted octanol–water partition coefficient (Wildman–Crippen LogP) is 4.84. The number of amides is 1. The van der Waals surface area contributed by atoms with Gasteiger partial charge in [0, 0.05) is 25.0 Å². The number of benzene rings is 3. The van der Waals surface area contributed by atoms with Crippen LogP contribution in [0.1, 0.15) is 29.0 Å². The highest BCUT2D eigenvalue weighted by molar-refractivity contribution is 6.05. The van der Waals surface area contributed by atoms with Gasteiger partial charge in [-0.1, -0.05) is 42.5 Å². The number of carbonyl (C=O) groups excluding carboxylic acids is 1. The minimum Gasteiger partial charge on any atom is -0.397 e. The average Bonchev–Trinajstić information content (AvgIpc) is 3.78. The van der Waals surface area contributed by atoms with Gasteiger partial charge in [-0.05, 0) is 61.4 Å². The van der Waals surface area contributed by atoms with Crippen LogP contribution in [0.25, 0.3) is 11.0 Å². The smallest absolute Gasteiger partial charge is 0.257 e. The number of nitrogens with zero attached hydrogens (tertiary/aromatic N) is 5. The molecule has 4 N–H and O–H groups in total. The maximum atomic E-state index is 12.8. The molecule has 0 saturated carbocycles. The number of aromatic amines is 1. The number of piperidine rings is 1. The second kappa shape index (κ2) is 10.7. The summed E-state index contributed by atoms with van der Waals surface area (Å²) in [7, 11) is 0. The molecule has 10 nitrogen and oxygen atoms in total. The van der Waals surface area contributed by atoms with Crippen LogP contribution in [-0.4, -0.2) is 63.4 Å². The number of nitrogen functional groups attached to an aromatic ring is 1. The first kappa shape index (κ1) is 26.7. The first-order valence-electron chi connectivity index (χ1n) is 15.1. The second-order valence-electron chi connectivity index (χ2n) is 11.8. The monoisotopic (exact) mass is 586 g/mol. The Morgan fingerprint density at radius 2 is 1.75 bits per heavy atom. The summed E-state index contributed by atoms with van der Waals surface area (Å²) >= 11 is 0. The number of hydrogen-bond acceptors (Lipinski definition) is 8. The molecule has 3 aliphatic heterocycles. The number of imidazole rings is 1. The zero-order valence-electron chi connectivity index (χ0n) is 24.3. The van der Waals surface area contributed by atoms with Crippen LogP contribution in [0, 0.1) is 0 Å². The van der Waals surface area contributed by atoms with E-state index >= 15 is 0 Å². The van der Waals surface area contributed by atoms with E-state index in [1.54, 1.807) is 18.3 Å². The van der Waals surface area contributed by atoms with Gasteiger partial charge >= 0.3 is 0 Å². The number of fused-ring (bicyclic) bond motifs is 3. The number of H-pyrrole nitrogens is 1. The van der Waals surface area contributed by atoms with Gasteiger partial charge in [-0.2, -0.15) is 0 Å². The van der Waals surface area contributed by atoms with E-state index in [9.17, 15) is 4.79 Å². The molecule has 0 aliphatic carbocycles. The van der Waals surface area contributed by atoms with Gasteiger partial charge < -0.3 is 30.6 Å². The molecule has 3 saturated heterocycles. The number of carbonyl (C=O) groups is 1. The van der Waals surface area contributed by atoms with E-state index in [0.717, 1.165) is 55.3 Å². The Kier molecular flexibility index (Phi) is 6.46. The lowest BCUT2D eigenvalue weighted by atomic mass is 9.80. The second-order valence-corrected chi connectivity index (χ2v) is 11.8. The topological polar surface area (TPSA) is 119 Å². The van der Waals surface area contributed by atoms with Crippen molar-refractivity contribution in [3.8, 4) is 0 Å². The van der Waals surface area contributed by atoms with Gasteiger partial charge in [0.2, 0.25) is 0 Å². The van der Waals surface area contributed by atoms with Crippen molar-refractivity contribution in [2.75, 3.05) is 40.6 Å². The highest BCUT2D eigenvalue weighted by atomic mass is 16.6. The summed E-state index contributed by atoms with van der Waals surface area (Å²) in [4.78, 5) is 33.0. The molecule has 2 atom stereocenters. The summed E-state index contributed by atoms with van der Waals surface area (Å²) < 4.78 is 6.48. The average molecular weight is 587 g/mol. The highest BCUT2D eigenvalue weighted by Gasteiger charge is 2.64. The number of rotatable bonds is 6. The lowest BCUT2D eigenvalue weighted by Gasteiger charge is -2.53. The molecule has 0 bridgehead atoms. The van der Waals surface area contributed by atoms with Crippen molar-refractivity contribution >= 4 is 39.8 Å². The van der Waals surface area contributed by atoms with E-state index < -0.39 is 0 Å². The molecule has 1 amide bonds. The first-order chi connectivity index (χ1) is 21.6. The molecule has 3 fully saturated rings. The molecule has 2 unspecified atom stereocenters. The zero-order valence-corrected chi connectivity index (χ0v) is 24.3. The lowest BCUT2D eigenvalue weighted by Crippen LogP contribution is -2.65. The van der Waals surface area contributed by atoms with Crippen molar-refractivity contribution in [3.05, 3.63) is 109 Å². The fraction of sp³-hybridized carbons (Fsp3) is 0.265. The van der Waals surface area contributed by atoms with Gasteiger partial charge in [-0.3, -0.25) is 9.69 Å². The molecule has 5 heterocycles. The zero-order chi connectivity index (χ0) is 29.7. The van der Waals surface area contributed by atoms with Gasteiger partial charge in [-0.15, -0.1) is 0 Å². The summed E-state index contributed by atoms with van der Waals surface area (Å²) in [6, 6.07) is 29.8. The third-order valence-corrected chi connectivity index (χ3v) is 9.25. The van der Waals surface area contributed by atoms with Crippen LogP contribution in [0.2, 0.25) is 0 Å². The molecular formula is C34H34N8O2. The number of para-hydroxylation sites is 5. The predicted molar refractivity (Wildman–Crippen MR) is 171 cm³/mol. The maximum absolute atomic E-state index is 12.8. The molecule has 1 spiro atoms. The van der Waals surface area contributed by atoms with E-state index in [1.807, 2.05) is 42.5 Å². The third-order valence-electron chi connectivity index (χ3n) is 9.25. The standard InChI is InChI=1S/C34H34N8O2/c35-25-10-4-5-11-26(25)39-32(43)23-14-15-30(36-20-23)40-18-16-34(17-19-40)31-33(44-31)41(22-42(34)24-8-2-1-3-9-24)21-29-37-27-12-6-7-13-28(27)38-29/h1-15,20,31,33H,16-19,21-22,35H2,(H,37,38)(H,39,43). The van der Waals surface area contributed by atoms with E-state index in [4.69, 9.17) is 15.5 Å². The van der Waals surface area contributed by atoms with Crippen molar-refractivity contribution < 1.29 is 9.53 Å². The number of epoxide rings is 1. The Hall–Kier alpha value is -4.93. The normalized spacial score (nSPS) is 20.9. The molecule has 5 aromatic rings. The van der Waals surface area contributed by atoms with E-state index in [1.165, 1.54) is 5.69 Å². The van der Waals surface area contributed by atoms with Gasteiger partial charge in [0.15, 0.2) is 0 Å². The van der Waals surface area contributed by atoms with Gasteiger partial charge in [0.05, 0.1) is 46.7 Å². The number of nitrogens with one attached hydrogen (secondary N) is 2. The highest BCUT2D eigenvalue weighted by Crippen LogP contribution is 2.50. The van der Waals surface area contributed by atoms with Crippen LogP contribution in [0.5, 0.6) is 0 Å². The fourth-order valence-electron chi connectivity index (χ4n) is 6.88. The number of anilines is 4. The van der Waals surface area contributed by atoms with E-state index in [0.29, 0.717) is 23.5 Å². The molecule has 10 heteroatoms. The molecule has 3 aliphatic rings. The third kappa shape index (κ3) is 4.72. The molecular weight excluding hydrogens is 552 g/mol. The molecule has 8 rings (SSSR count). The van der Waals surface area contributed by atoms with Crippen molar-refractivity contribution in [2.45, 2.75) is 37.3 Å². The Morgan fingerprint density at radius 3 is 2.52 bits per heavy atom. The number of aromatic nitrogens is 3. The number of ether oxygens (including phenoxy) is 1. The largest absolute Gasteiger partial charge is 0.397 e. The molecule has 3 aromatic carbocycles. The number of hydrogen-bond donors (Lipinski definition) is 3. The Bertz CT molecular complexity index is 1770. The minimum atomic E-state index is -0.232. The van der Waals surface area contributed by atoms with Crippen molar-refractivity contribution in [1.29, 1.82) is 0 Å². The van der Waals surface area contributed by atoms with E-state index in [2.05, 4.69) is 66.4 Å². The quantitative estimate of drug-likeness (QED) is 0.191. The van der Waals surface area contributed by atoms with Crippen molar-refractivity contribution in [3.63, 3.8) is 0 Å². The number of pyridine rings is 1. The van der Waals surface area contributed by atoms with Crippen LogP contribution < -0.4 is 20.9 Å². The van der Waals surface area contributed by atoms with Gasteiger partial charge in [0.1, 0.15) is 24.0 Å². The van der Waals surface area contributed by atoms with E-state index in [-0.39, 0.29) is 23.8 Å². The Morgan fingerprint density at radius 1 is 0.977 bits per heavy atom. The fourth-order valence-corrected chi connectivity index (χ4v) is 6.88. The number of nitrogens with two attached hydrogens (primary N) is 1. The summed E-state index contributed by atoms with van der Waals surface area (Å²) in [6.07, 6.45) is 3.72. The van der Waals surface area contributed by atoms with Crippen LogP contribution in [0.3, 0.4) is 0 Å². The van der Waals surface area contributed by atoms with Gasteiger partial charge in [-0.25, -0.2) is 9.97 Å². The van der Waals surface area contributed by atoms with Crippen LogP contribution in [0.4, 0.5) is 22.9 Å². The minimum absolute atomic E-state index is 0.0734. The molecule has 222 valence electrons. The van der Waals surface area contributed by atoms with Gasteiger partial charge in [0.25, 0.3) is 5.91 Å². The lowest BCUT2D eigenvalue weighted by molar-refractivity contribution is 0.102. The molecule has 2 aromatic heterocycles. The summed E-state index contributed by atoms with van der Waals surface area (Å²) in [5.41, 5.74) is 10.7. The van der Waals surface area contributed by atoms with Crippen molar-refractivity contribution in [1.82, 2.24) is 19.9 Å². The van der Waals surface area contributed by atoms with Crippen LogP contribution in [-0.2, 0) is 11.3 Å². The summed E-state index contributed by atoms with van der Waals surface area (Å²) in [6.45, 7) is 3.15. The Balaban J connectivity index is 0.980. The molecule has 0 radical (unpaired) electrons. The Labute approximate surface area is 255 Å². The molecule has 44 heavy (non-hydrogen) atoms. The SMILES string of the molecule is Nc1ccccc1NC(=O)c1ccc(N2CCC3(CC2)C2OC2N(Cc2nc4ccccc4[nH]2)CN3c2ccccc2)nc1. The van der Waals surface area contributed by atoms with Crippen LogP contribution >= 0.6 is 0 Å².